The zero-order chi connectivity index (χ0) is 17.7. The summed E-state index contributed by atoms with van der Waals surface area (Å²) in [5, 5.41) is 0. The van der Waals surface area contributed by atoms with Crippen molar-refractivity contribution in [1.29, 1.82) is 0 Å². The van der Waals surface area contributed by atoms with E-state index in [9.17, 15) is 9.59 Å². The summed E-state index contributed by atoms with van der Waals surface area (Å²) in [7, 11) is 5.68. The van der Waals surface area contributed by atoms with Gasteiger partial charge in [0.25, 0.3) is 0 Å². The van der Waals surface area contributed by atoms with Gasteiger partial charge in [0.1, 0.15) is 6.04 Å². The minimum Gasteiger partial charge on any atom is -0.342 e. The summed E-state index contributed by atoms with van der Waals surface area (Å²) >= 11 is 0. The number of hydrogen-bond acceptors (Lipinski definition) is 3. The third-order valence-corrected chi connectivity index (χ3v) is 4.74. The fourth-order valence-electron chi connectivity index (χ4n) is 3.21. The lowest BCUT2D eigenvalue weighted by Gasteiger charge is -2.32. The van der Waals surface area contributed by atoms with Crippen LogP contribution in [-0.4, -0.2) is 67.3 Å². The highest BCUT2D eigenvalue weighted by Gasteiger charge is 2.27. The Kier molecular flexibility index (Phi) is 6.37. The van der Waals surface area contributed by atoms with E-state index in [0.717, 1.165) is 30.5 Å². The minimum absolute atomic E-state index is 0.0683. The molecular weight excluding hydrogens is 302 g/mol. The molecule has 0 spiro atoms. The molecule has 5 heteroatoms. The molecule has 1 aromatic rings. The molecule has 24 heavy (non-hydrogen) atoms. The van der Waals surface area contributed by atoms with E-state index in [1.807, 2.05) is 62.1 Å². The normalized spacial score (nSPS) is 16.4. The highest BCUT2D eigenvalue weighted by atomic mass is 16.2. The van der Waals surface area contributed by atoms with Crippen LogP contribution in [-0.2, 0) is 9.59 Å². The number of aryl methyl sites for hydroxylation is 1. The van der Waals surface area contributed by atoms with Crippen molar-refractivity contribution in [3.05, 3.63) is 35.4 Å². The van der Waals surface area contributed by atoms with Crippen LogP contribution in [0, 0.1) is 6.92 Å². The van der Waals surface area contributed by atoms with E-state index < -0.39 is 0 Å². The molecule has 1 aliphatic rings. The standard InChI is InChI=1S/C19H29N3O2/c1-15-9-5-6-10-16(15)18(20(2)3)19(24)21(4)13-14-22-12-8-7-11-17(22)23/h5-6,9-10,18H,7-8,11-14H2,1-4H3/t18-/m0/s1. The average molecular weight is 331 g/mol. The number of likely N-dealkylation sites (N-methyl/N-ethyl adjacent to an activating group) is 2. The molecule has 0 aromatic heterocycles. The second-order valence-electron chi connectivity index (χ2n) is 6.82. The largest absolute Gasteiger partial charge is 0.342 e. The Labute approximate surface area is 145 Å². The Hall–Kier alpha value is -1.88. The molecule has 1 atom stereocenters. The number of nitrogens with zero attached hydrogens (tertiary/aromatic N) is 3. The van der Waals surface area contributed by atoms with E-state index >= 15 is 0 Å². The van der Waals surface area contributed by atoms with Gasteiger partial charge in [0, 0.05) is 33.1 Å². The summed E-state index contributed by atoms with van der Waals surface area (Å²) in [6.45, 7) is 4.04. The van der Waals surface area contributed by atoms with Gasteiger partial charge in [0.2, 0.25) is 11.8 Å². The van der Waals surface area contributed by atoms with Crippen LogP contribution in [0.2, 0.25) is 0 Å². The lowest BCUT2D eigenvalue weighted by molar-refractivity contribution is -0.138. The third-order valence-electron chi connectivity index (χ3n) is 4.74. The molecule has 0 bridgehead atoms. The Morgan fingerprint density at radius 1 is 1.21 bits per heavy atom. The minimum atomic E-state index is -0.298. The average Bonchev–Trinajstić information content (AvgIpc) is 2.55. The lowest BCUT2D eigenvalue weighted by Crippen LogP contribution is -2.44. The molecule has 5 nitrogen and oxygen atoms in total. The maximum atomic E-state index is 13.0. The topological polar surface area (TPSA) is 43.9 Å². The summed E-state index contributed by atoms with van der Waals surface area (Å²) < 4.78 is 0. The van der Waals surface area contributed by atoms with Gasteiger partial charge in [-0.1, -0.05) is 24.3 Å². The molecule has 1 aromatic carbocycles. The van der Waals surface area contributed by atoms with Gasteiger partial charge >= 0.3 is 0 Å². The van der Waals surface area contributed by atoms with Crippen molar-refractivity contribution in [2.24, 2.45) is 0 Å². The van der Waals surface area contributed by atoms with E-state index in [0.29, 0.717) is 19.5 Å². The Morgan fingerprint density at radius 2 is 1.92 bits per heavy atom. The van der Waals surface area contributed by atoms with E-state index in [4.69, 9.17) is 0 Å². The number of piperidine rings is 1. The number of amides is 2. The molecule has 1 fully saturated rings. The van der Waals surface area contributed by atoms with Crippen LogP contribution in [0.15, 0.2) is 24.3 Å². The molecule has 0 aliphatic carbocycles. The first-order valence-corrected chi connectivity index (χ1v) is 8.66. The van der Waals surface area contributed by atoms with Gasteiger partial charge in [-0.15, -0.1) is 0 Å². The molecule has 1 saturated heterocycles. The van der Waals surface area contributed by atoms with E-state index in [1.165, 1.54) is 0 Å². The second kappa shape index (κ2) is 8.29. The van der Waals surface area contributed by atoms with Crippen molar-refractivity contribution in [3.63, 3.8) is 0 Å². The van der Waals surface area contributed by atoms with Crippen LogP contribution in [0.3, 0.4) is 0 Å². The summed E-state index contributed by atoms with van der Waals surface area (Å²) in [6, 6.07) is 7.71. The van der Waals surface area contributed by atoms with Gasteiger partial charge in [-0.05, 0) is 45.0 Å². The van der Waals surface area contributed by atoms with E-state index in [-0.39, 0.29) is 17.9 Å². The number of likely N-dealkylation sites (tertiary alicyclic amines) is 1. The quantitative estimate of drug-likeness (QED) is 0.801. The van der Waals surface area contributed by atoms with Gasteiger partial charge in [0.15, 0.2) is 0 Å². The third kappa shape index (κ3) is 4.35. The first kappa shape index (κ1) is 18.5. The molecule has 2 rings (SSSR count). The number of carbonyl (C=O) groups is 2. The first-order chi connectivity index (χ1) is 11.4. The van der Waals surface area contributed by atoms with Crippen molar-refractivity contribution in [2.45, 2.75) is 32.2 Å². The molecule has 0 saturated carbocycles. The van der Waals surface area contributed by atoms with E-state index in [2.05, 4.69) is 0 Å². The highest BCUT2D eigenvalue weighted by molar-refractivity contribution is 5.83. The van der Waals surface area contributed by atoms with Crippen LogP contribution in [0.1, 0.15) is 36.4 Å². The first-order valence-electron chi connectivity index (χ1n) is 8.66. The van der Waals surface area contributed by atoms with Gasteiger partial charge in [-0.2, -0.15) is 0 Å². The van der Waals surface area contributed by atoms with E-state index in [1.54, 1.807) is 4.90 Å². The molecule has 1 aliphatic heterocycles. The van der Waals surface area contributed by atoms with Gasteiger partial charge in [-0.25, -0.2) is 0 Å². The Bertz CT molecular complexity index is 586. The fraction of sp³-hybridized carbons (Fsp3) is 0.579. The number of rotatable bonds is 6. The summed E-state index contributed by atoms with van der Waals surface area (Å²) in [5.41, 5.74) is 2.15. The van der Waals surface area contributed by atoms with Crippen molar-refractivity contribution in [3.8, 4) is 0 Å². The Balaban J connectivity index is 2.04. The Morgan fingerprint density at radius 3 is 2.54 bits per heavy atom. The van der Waals surface area contributed by atoms with Crippen molar-refractivity contribution in [1.82, 2.24) is 14.7 Å². The SMILES string of the molecule is Cc1ccccc1[C@@H](C(=O)N(C)CCN1CCCCC1=O)N(C)C. The van der Waals surface area contributed by atoms with Crippen LogP contribution in [0.25, 0.3) is 0 Å². The number of benzene rings is 1. The number of carbonyl (C=O) groups excluding carboxylic acids is 2. The zero-order valence-electron chi connectivity index (χ0n) is 15.3. The summed E-state index contributed by atoms with van der Waals surface area (Å²) in [4.78, 5) is 30.5. The van der Waals surface area contributed by atoms with Crippen LogP contribution >= 0.6 is 0 Å². The summed E-state index contributed by atoms with van der Waals surface area (Å²) in [5.74, 6) is 0.281. The molecule has 1 heterocycles. The fourth-order valence-corrected chi connectivity index (χ4v) is 3.21. The molecule has 132 valence electrons. The maximum Gasteiger partial charge on any atom is 0.244 e. The lowest BCUT2D eigenvalue weighted by atomic mass is 9.99. The highest BCUT2D eigenvalue weighted by Crippen LogP contribution is 2.23. The van der Waals surface area contributed by atoms with Crippen LogP contribution in [0.4, 0.5) is 0 Å². The van der Waals surface area contributed by atoms with Crippen LogP contribution < -0.4 is 0 Å². The smallest absolute Gasteiger partial charge is 0.244 e. The molecule has 0 N–H and O–H groups in total. The monoisotopic (exact) mass is 331 g/mol. The van der Waals surface area contributed by atoms with Crippen molar-refractivity contribution in [2.75, 3.05) is 40.8 Å². The van der Waals surface area contributed by atoms with Gasteiger partial charge < -0.3 is 9.80 Å². The predicted octanol–water partition coefficient (Wildman–Crippen LogP) is 2.07. The zero-order valence-corrected chi connectivity index (χ0v) is 15.3. The summed E-state index contributed by atoms with van der Waals surface area (Å²) in [6.07, 6.45) is 2.69. The maximum absolute atomic E-state index is 13.0. The van der Waals surface area contributed by atoms with Crippen LogP contribution in [0.5, 0.6) is 0 Å². The molecular formula is C19H29N3O2. The number of hydrogen-bond donors (Lipinski definition) is 0. The predicted molar refractivity (Wildman–Crippen MR) is 95.7 cm³/mol. The van der Waals surface area contributed by atoms with Crippen molar-refractivity contribution >= 4 is 11.8 Å². The van der Waals surface area contributed by atoms with Gasteiger partial charge in [0.05, 0.1) is 0 Å². The molecule has 2 amide bonds. The molecule has 0 unspecified atom stereocenters. The second-order valence-corrected chi connectivity index (χ2v) is 6.82. The van der Waals surface area contributed by atoms with Gasteiger partial charge in [-0.3, -0.25) is 14.5 Å². The van der Waals surface area contributed by atoms with Crippen molar-refractivity contribution < 1.29 is 9.59 Å². The molecule has 0 radical (unpaired) electrons.